The Hall–Kier alpha value is -5.56. The van der Waals surface area contributed by atoms with Crippen molar-refractivity contribution in [1.82, 2.24) is 10.2 Å². The third-order valence-electron chi connectivity index (χ3n) is 10.3. The first-order chi connectivity index (χ1) is 27.3. The fourth-order valence-electron chi connectivity index (χ4n) is 7.13. The summed E-state index contributed by atoms with van der Waals surface area (Å²) in [5.41, 5.74) is 15.4. The minimum Gasteiger partial charge on any atom is -0.507 e. The van der Waals surface area contributed by atoms with Crippen LogP contribution < -0.4 is 21.5 Å². The average molecular weight is 797 g/mol. The Morgan fingerprint density at radius 1 is 0.895 bits per heavy atom. The third-order valence-corrected chi connectivity index (χ3v) is 10.5. The number of phenolic OH excluding ortho intramolecular Hbond substituents is 1. The molecule has 0 saturated heterocycles. The lowest BCUT2D eigenvalue weighted by atomic mass is 9.88. The van der Waals surface area contributed by atoms with E-state index in [1.165, 1.54) is 24.9 Å². The number of Topliss-reactive ketones (excluding diaryl/α,β-unsaturated/α-hetero) is 2. The van der Waals surface area contributed by atoms with E-state index in [1.807, 2.05) is 24.3 Å². The van der Waals surface area contributed by atoms with Gasteiger partial charge in [-0.15, -0.1) is 0 Å². The zero-order chi connectivity index (χ0) is 41.2. The summed E-state index contributed by atoms with van der Waals surface area (Å²) in [5.74, 6) is -4.65. The standard InChI is InChI=1S/C44H49ClN4O8/c1-26-21-39(52)41(31-13-17-40(57-20-19-47)35(24-31)34-22-27(6-16-37(34)50)23-36(44(55)56)48-42(26)53)49(2)43(54)32(5-3-4-18-46)25-38(51)30-9-7-28(8-10-30)29-11-14-33(45)15-12-29/h6-17,22,24,26,32,36,41,50H,3-5,18-21,23,25,46-47H2,1-2H3,(H,48,53)(H,55,56)/t26-,32-,36+,41+/m1/s1. The Morgan fingerprint density at radius 3 is 2.23 bits per heavy atom. The number of carboxylic acid groups (broad SMARTS) is 1. The lowest BCUT2D eigenvalue weighted by molar-refractivity contribution is -0.144. The molecule has 12 nitrogen and oxygen atoms in total. The van der Waals surface area contributed by atoms with Crippen LogP contribution in [0.3, 0.4) is 0 Å². The smallest absolute Gasteiger partial charge is 0.326 e. The highest BCUT2D eigenvalue weighted by atomic mass is 35.5. The fourth-order valence-corrected chi connectivity index (χ4v) is 7.25. The molecule has 300 valence electrons. The number of aliphatic carboxylic acids is 1. The van der Waals surface area contributed by atoms with Crippen molar-refractivity contribution in [2.24, 2.45) is 23.3 Å². The molecule has 13 heteroatoms. The summed E-state index contributed by atoms with van der Waals surface area (Å²) in [6.07, 6.45) is 0.987. The Balaban J connectivity index is 1.54. The number of hydrogen-bond donors (Lipinski definition) is 5. The maximum absolute atomic E-state index is 14.6. The largest absolute Gasteiger partial charge is 0.507 e. The summed E-state index contributed by atoms with van der Waals surface area (Å²) >= 11 is 6.05. The summed E-state index contributed by atoms with van der Waals surface area (Å²) in [4.78, 5) is 69.8. The van der Waals surface area contributed by atoms with Gasteiger partial charge in [-0.05, 0) is 78.0 Å². The molecule has 4 aromatic rings. The van der Waals surface area contributed by atoms with Crippen LogP contribution in [-0.4, -0.2) is 77.2 Å². The summed E-state index contributed by atoms with van der Waals surface area (Å²) in [7, 11) is 1.50. The van der Waals surface area contributed by atoms with Gasteiger partial charge in [-0.25, -0.2) is 4.79 Å². The second kappa shape index (κ2) is 19.5. The van der Waals surface area contributed by atoms with Crippen molar-refractivity contribution in [2.75, 3.05) is 26.7 Å². The van der Waals surface area contributed by atoms with E-state index in [4.69, 9.17) is 27.8 Å². The number of amides is 2. The monoisotopic (exact) mass is 796 g/mol. The second-order valence-electron chi connectivity index (χ2n) is 14.5. The van der Waals surface area contributed by atoms with Crippen molar-refractivity contribution in [3.05, 3.63) is 107 Å². The van der Waals surface area contributed by atoms with E-state index in [0.29, 0.717) is 58.8 Å². The summed E-state index contributed by atoms with van der Waals surface area (Å²) < 4.78 is 5.96. The number of carbonyl (C=O) groups excluding carboxylic acids is 4. The number of ether oxygens (including phenoxy) is 1. The number of unbranched alkanes of at least 4 members (excludes halogenated alkanes) is 1. The van der Waals surface area contributed by atoms with Crippen molar-refractivity contribution in [1.29, 1.82) is 0 Å². The predicted octanol–water partition coefficient (Wildman–Crippen LogP) is 5.96. The molecule has 0 radical (unpaired) electrons. The molecular formula is C44H49ClN4O8. The van der Waals surface area contributed by atoms with E-state index in [-0.39, 0.29) is 49.5 Å². The summed E-state index contributed by atoms with van der Waals surface area (Å²) in [5, 5.41) is 24.3. The van der Waals surface area contributed by atoms with E-state index in [1.54, 1.807) is 54.6 Å². The SMILES string of the molecule is C[C@@H]1CC(=O)[C@@H](N(C)C(=O)[C@H](CCCCN)CC(=O)c2ccc(-c3ccc(Cl)cc3)cc2)c2ccc(OCCN)c(c2)-c2cc(ccc2O)C[C@@H](C(=O)O)NC1=O. The van der Waals surface area contributed by atoms with Crippen molar-refractivity contribution < 1.29 is 38.9 Å². The summed E-state index contributed by atoms with van der Waals surface area (Å²) in [6, 6.07) is 21.4. The van der Waals surface area contributed by atoms with Gasteiger partial charge < -0.3 is 36.6 Å². The number of likely N-dealkylation sites (N-methyl/N-ethyl adjacent to an activating group) is 1. The highest BCUT2D eigenvalue weighted by Gasteiger charge is 2.36. The van der Waals surface area contributed by atoms with Gasteiger partial charge in [0, 0.05) is 66.4 Å². The van der Waals surface area contributed by atoms with Crippen LogP contribution in [0, 0.1) is 11.8 Å². The van der Waals surface area contributed by atoms with Gasteiger partial charge in [0.15, 0.2) is 11.6 Å². The Morgan fingerprint density at radius 2 is 1.58 bits per heavy atom. The van der Waals surface area contributed by atoms with Crippen LogP contribution in [0.15, 0.2) is 84.9 Å². The maximum atomic E-state index is 14.6. The Kier molecular flexibility index (Phi) is 14.6. The maximum Gasteiger partial charge on any atom is 0.326 e. The van der Waals surface area contributed by atoms with Crippen LogP contribution in [-0.2, 0) is 25.6 Å². The number of halogens is 1. The molecule has 4 atom stereocenters. The van der Waals surface area contributed by atoms with E-state index in [2.05, 4.69) is 5.32 Å². The van der Waals surface area contributed by atoms with Crippen LogP contribution in [0.2, 0.25) is 5.02 Å². The van der Waals surface area contributed by atoms with Gasteiger partial charge in [0.2, 0.25) is 11.8 Å². The molecule has 5 rings (SSSR count). The first kappa shape index (κ1) is 42.6. The normalized spacial score (nSPS) is 17.5. The topological polar surface area (TPSA) is 202 Å². The number of hydrogen-bond acceptors (Lipinski definition) is 9. The number of aromatic hydroxyl groups is 1. The van der Waals surface area contributed by atoms with Crippen molar-refractivity contribution in [3.8, 4) is 33.8 Å². The molecular weight excluding hydrogens is 748 g/mol. The zero-order valence-electron chi connectivity index (χ0n) is 32.1. The number of nitrogens with zero attached hydrogens (tertiary/aromatic N) is 1. The van der Waals surface area contributed by atoms with Crippen LogP contribution in [0.5, 0.6) is 11.5 Å². The van der Waals surface area contributed by atoms with Crippen LogP contribution in [0.4, 0.5) is 0 Å². The first-order valence-corrected chi connectivity index (χ1v) is 19.4. The van der Waals surface area contributed by atoms with Crippen molar-refractivity contribution in [3.63, 3.8) is 0 Å². The highest BCUT2D eigenvalue weighted by Crippen LogP contribution is 2.40. The zero-order valence-corrected chi connectivity index (χ0v) is 32.8. The lowest BCUT2D eigenvalue weighted by Gasteiger charge is -2.32. The molecule has 0 aromatic heterocycles. The number of nitrogens with one attached hydrogen (secondary N) is 1. The number of fused-ring (bicyclic) bond motifs is 5. The number of ketones is 2. The molecule has 1 heterocycles. The van der Waals surface area contributed by atoms with Gasteiger partial charge in [0.1, 0.15) is 30.2 Å². The Labute approximate surface area is 337 Å². The van der Waals surface area contributed by atoms with Gasteiger partial charge >= 0.3 is 5.97 Å². The van der Waals surface area contributed by atoms with E-state index in [9.17, 15) is 34.2 Å². The molecule has 0 aliphatic carbocycles. The number of rotatable bonds is 14. The van der Waals surface area contributed by atoms with Gasteiger partial charge in [-0.3, -0.25) is 19.2 Å². The number of nitrogens with two attached hydrogens (primary N) is 2. The minimum absolute atomic E-state index is 0.0929. The minimum atomic E-state index is -1.32. The molecule has 0 unspecified atom stereocenters. The number of benzene rings is 4. The molecule has 2 amide bonds. The number of carboxylic acids is 1. The summed E-state index contributed by atoms with van der Waals surface area (Å²) in [6.45, 7) is 2.26. The molecule has 57 heavy (non-hydrogen) atoms. The molecule has 1 aliphatic rings. The quantitative estimate of drug-likeness (QED) is 0.0749. The van der Waals surface area contributed by atoms with E-state index < -0.39 is 47.5 Å². The van der Waals surface area contributed by atoms with Crippen LogP contribution in [0.25, 0.3) is 22.3 Å². The van der Waals surface area contributed by atoms with Crippen molar-refractivity contribution in [2.45, 2.75) is 57.5 Å². The Bertz CT molecular complexity index is 2090. The van der Waals surface area contributed by atoms with Crippen LogP contribution in [0.1, 0.15) is 66.6 Å². The van der Waals surface area contributed by atoms with E-state index >= 15 is 0 Å². The van der Waals surface area contributed by atoms with Gasteiger partial charge in [-0.2, -0.15) is 0 Å². The molecule has 0 fully saturated rings. The fraction of sp³-hybridized carbons (Fsp3) is 0.341. The third kappa shape index (κ3) is 10.6. The molecule has 1 aliphatic heterocycles. The van der Waals surface area contributed by atoms with Crippen LogP contribution >= 0.6 is 11.6 Å². The van der Waals surface area contributed by atoms with Gasteiger partial charge in [-0.1, -0.05) is 73.5 Å². The number of carbonyl (C=O) groups is 5. The predicted molar refractivity (Wildman–Crippen MR) is 218 cm³/mol. The van der Waals surface area contributed by atoms with Gasteiger partial charge in [0.25, 0.3) is 0 Å². The highest BCUT2D eigenvalue weighted by molar-refractivity contribution is 6.30. The molecule has 7 N–H and O–H groups in total. The molecule has 0 spiro atoms. The first-order valence-electron chi connectivity index (χ1n) is 19.0. The molecule has 4 bridgehead atoms. The molecule has 4 aromatic carbocycles. The second-order valence-corrected chi connectivity index (χ2v) is 14.9. The number of phenols is 1. The van der Waals surface area contributed by atoms with Gasteiger partial charge in [0.05, 0.1) is 0 Å². The van der Waals surface area contributed by atoms with E-state index in [0.717, 1.165) is 11.1 Å². The molecule has 0 saturated carbocycles. The lowest BCUT2D eigenvalue weighted by Crippen LogP contribution is -2.45. The van der Waals surface area contributed by atoms with Crippen molar-refractivity contribution >= 4 is 41.0 Å². The average Bonchev–Trinajstić information content (AvgIpc) is 3.20.